The lowest BCUT2D eigenvalue weighted by molar-refractivity contribution is -0.0512. The molecule has 0 aliphatic carbocycles. The van der Waals surface area contributed by atoms with Gasteiger partial charge in [-0.05, 0) is 46.1 Å². The lowest BCUT2D eigenvalue weighted by atomic mass is 10.1. The number of carbonyl (C=O) groups is 1. The molecular formula is C15H15BrF2N2O3. The molecule has 0 saturated heterocycles. The van der Waals surface area contributed by atoms with Crippen molar-refractivity contribution in [3.63, 3.8) is 0 Å². The fraction of sp³-hybridized carbons (Fsp3) is 0.267. The zero-order valence-electron chi connectivity index (χ0n) is 12.2. The molecule has 0 aliphatic rings. The van der Waals surface area contributed by atoms with Crippen molar-refractivity contribution in [2.24, 2.45) is 0 Å². The van der Waals surface area contributed by atoms with Crippen molar-refractivity contribution in [3.05, 3.63) is 46.2 Å². The number of rotatable bonds is 7. The normalized spacial score (nSPS) is 10.7. The molecule has 5 nitrogen and oxygen atoms in total. The molecule has 2 rings (SSSR count). The Morgan fingerprint density at radius 2 is 2.13 bits per heavy atom. The number of nitrogens with one attached hydrogen (secondary N) is 2. The van der Waals surface area contributed by atoms with Crippen molar-refractivity contribution in [1.29, 1.82) is 0 Å². The quantitative estimate of drug-likeness (QED) is 0.764. The minimum Gasteiger partial charge on any atom is -0.493 e. The molecule has 0 atom stereocenters. The van der Waals surface area contributed by atoms with E-state index in [2.05, 4.69) is 31.0 Å². The topological polar surface area (TPSA) is 63.3 Å². The Balaban J connectivity index is 1.91. The van der Waals surface area contributed by atoms with Crippen molar-refractivity contribution in [2.75, 3.05) is 13.7 Å². The molecule has 2 N–H and O–H groups in total. The maximum Gasteiger partial charge on any atom is 0.387 e. The zero-order valence-corrected chi connectivity index (χ0v) is 13.8. The van der Waals surface area contributed by atoms with E-state index >= 15 is 0 Å². The molecule has 8 heteroatoms. The largest absolute Gasteiger partial charge is 0.493 e. The summed E-state index contributed by atoms with van der Waals surface area (Å²) >= 11 is 3.25. The molecule has 1 aromatic carbocycles. The van der Waals surface area contributed by atoms with E-state index in [1.54, 1.807) is 24.4 Å². The first-order valence-electron chi connectivity index (χ1n) is 6.73. The van der Waals surface area contributed by atoms with Crippen LogP contribution in [0.5, 0.6) is 11.5 Å². The Morgan fingerprint density at radius 1 is 1.35 bits per heavy atom. The van der Waals surface area contributed by atoms with Crippen LogP contribution in [0.2, 0.25) is 0 Å². The average Bonchev–Trinajstić information content (AvgIpc) is 2.94. The molecule has 0 fully saturated rings. The lowest BCUT2D eigenvalue weighted by Gasteiger charge is -2.11. The SMILES string of the molecule is COc1cc(CCNC(=O)c2cc(Br)c[nH]2)ccc1OC(F)F. The first-order chi connectivity index (χ1) is 11.0. The number of benzene rings is 1. The highest BCUT2D eigenvalue weighted by Gasteiger charge is 2.11. The van der Waals surface area contributed by atoms with E-state index in [1.165, 1.54) is 13.2 Å². The fourth-order valence-corrected chi connectivity index (χ4v) is 2.32. The van der Waals surface area contributed by atoms with Gasteiger partial charge in [-0.15, -0.1) is 0 Å². The number of aromatic nitrogens is 1. The Labute approximate surface area is 140 Å². The summed E-state index contributed by atoms with van der Waals surface area (Å²) in [6.45, 7) is -2.51. The lowest BCUT2D eigenvalue weighted by Crippen LogP contribution is -2.25. The standard InChI is InChI=1S/C15H15BrF2N2O3/c1-22-13-6-9(2-3-12(13)23-15(17)18)4-5-19-14(21)11-7-10(16)8-20-11/h2-3,6-8,15,20H,4-5H2,1H3,(H,19,21). The smallest absolute Gasteiger partial charge is 0.387 e. The first-order valence-corrected chi connectivity index (χ1v) is 7.52. The molecule has 124 valence electrons. The molecule has 0 spiro atoms. The van der Waals surface area contributed by atoms with Gasteiger partial charge in [-0.2, -0.15) is 8.78 Å². The van der Waals surface area contributed by atoms with Gasteiger partial charge in [0.2, 0.25) is 0 Å². The van der Waals surface area contributed by atoms with Gasteiger partial charge < -0.3 is 19.8 Å². The van der Waals surface area contributed by atoms with Gasteiger partial charge in [-0.3, -0.25) is 4.79 Å². The third-order valence-electron chi connectivity index (χ3n) is 3.04. The number of carbonyl (C=O) groups excluding carboxylic acids is 1. The summed E-state index contributed by atoms with van der Waals surface area (Å²) in [5.74, 6) is -0.0192. The monoisotopic (exact) mass is 388 g/mol. The van der Waals surface area contributed by atoms with Crippen LogP contribution in [0.1, 0.15) is 16.1 Å². The summed E-state index contributed by atoms with van der Waals surface area (Å²) in [5, 5.41) is 2.76. The predicted molar refractivity (Wildman–Crippen MR) is 84.2 cm³/mol. The second kappa shape index (κ2) is 7.96. The molecule has 2 aromatic rings. The number of ether oxygens (including phenoxy) is 2. The third-order valence-corrected chi connectivity index (χ3v) is 3.49. The summed E-state index contributed by atoms with van der Waals surface area (Å²) in [5.41, 5.74) is 1.28. The van der Waals surface area contributed by atoms with E-state index in [1.807, 2.05) is 0 Å². The Morgan fingerprint density at radius 3 is 2.74 bits per heavy atom. The molecule has 0 aliphatic heterocycles. The third kappa shape index (κ3) is 4.95. The van der Waals surface area contributed by atoms with Crippen LogP contribution in [0.4, 0.5) is 8.78 Å². The number of hydrogen-bond acceptors (Lipinski definition) is 3. The van der Waals surface area contributed by atoms with E-state index in [9.17, 15) is 13.6 Å². The minimum absolute atomic E-state index is 0.0217. The first kappa shape index (κ1) is 17.3. The summed E-state index contributed by atoms with van der Waals surface area (Å²) in [6, 6.07) is 6.35. The van der Waals surface area contributed by atoms with Gasteiger partial charge in [-0.1, -0.05) is 6.07 Å². The minimum atomic E-state index is -2.91. The van der Waals surface area contributed by atoms with E-state index < -0.39 is 6.61 Å². The van der Waals surface area contributed by atoms with Gasteiger partial charge in [0.05, 0.1) is 7.11 Å². The Hall–Kier alpha value is -2.09. The highest BCUT2D eigenvalue weighted by atomic mass is 79.9. The van der Waals surface area contributed by atoms with Crippen molar-refractivity contribution >= 4 is 21.8 Å². The number of methoxy groups -OCH3 is 1. The van der Waals surface area contributed by atoms with E-state index in [0.29, 0.717) is 18.7 Å². The summed E-state index contributed by atoms with van der Waals surface area (Å²) in [7, 11) is 1.38. The second-order valence-electron chi connectivity index (χ2n) is 4.60. The Kier molecular flexibility index (Phi) is 5.97. The fourth-order valence-electron chi connectivity index (χ4n) is 1.98. The summed E-state index contributed by atoms with van der Waals surface area (Å²) in [6.07, 6.45) is 2.19. The van der Waals surface area contributed by atoms with Crippen molar-refractivity contribution in [3.8, 4) is 11.5 Å². The van der Waals surface area contributed by atoms with Crippen molar-refractivity contribution in [1.82, 2.24) is 10.3 Å². The van der Waals surface area contributed by atoms with Gasteiger partial charge in [0.25, 0.3) is 5.91 Å². The van der Waals surface area contributed by atoms with Gasteiger partial charge in [0.1, 0.15) is 5.69 Å². The molecular weight excluding hydrogens is 374 g/mol. The maximum atomic E-state index is 12.3. The van der Waals surface area contributed by atoms with E-state index in [0.717, 1.165) is 10.0 Å². The maximum absolute atomic E-state index is 12.3. The molecule has 0 saturated carbocycles. The van der Waals surface area contributed by atoms with Crippen molar-refractivity contribution in [2.45, 2.75) is 13.0 Å². The van der Waals surface area contributed by atoms with Crippen LogP contribution in [0.3, 0.4) is 0 Å². The van der Waals surface area contributed by atoms with Gasteiger partial charge in [0.15, 0.2) is 11.5 Å². The van der Waals surface area contributed by atoms with Crippen LogP contribution in [0.15, 0.2) is 34.9 Å². The molecule has 0 bridgehead atoms. The zero-order chi connectivity index (χ0) is 16.8. The molecule has 1 aromatic heterocycles. The van der Waals surface area contributed by atoms with Crippen molar-refractivity contribution < 1.29 is 23.0 Å². The highest BCUT2D eigenvalue weighted by molar-refractivity contribution is 9.10. The number of H-pyrrole nitrogens is 1. The van der Waals surface area contributed by atoms with Crippen LogP contribution in [-0.4, -0.2) is 31.2 Å². The van der Waals surface area contributed by atoms with Crippen LogP contribution >= 0.6 is 15.9 Å². The number of aromatic amines is 1. The van der Waals surface area contributed by atoms with Crippen LogP contribution in [0, 0.1) is 0 Å². The number of amides is 1. The van der Waals surface area contributed by atoms with Gasteiger partial charge in [0, 0.05) is 17.2 Å². The highest BCUT2D eigenvalue weighted by Crippen LogP contribution is 2.29. The van der Waals surface area contributed by atoms with Gasteiger partial charge in [-0.25, -0.2) is 0 Å². The van der Waals surface area contributed by atoms with Crippen LogP contribution in [-0.2, 0) is 6.42 Å². The van der Waals surface area contributed by atoms with Crippen LogP contribution < -0.4 is 14.8 Å². The Bertz CT molecular complexity index is 676. The summed E-state index contributed by atoms with van der Waals surface area (Å²) < 4.78 is 34.7. The molecule has 23 heavy (non-hydrogen) atoms. The molecule has 1 amide bonds. The number of hydrogen-bond donors (Lipinski definition) is 2. The molecule has 1 heterocycles. The van der Waals surface area contributed by atoms with Crippen LogP contribution in [0.25, 0.3) is 0 Å². The predicted octanol–water partition coefficient (Wildman–Crippen LogP) is 3.36. The van der Waals surface area contributed by atoms with E-state index in [-0.39, 0.29) is 17.4 Å². The van der Waals surface area contributed by atoms with Gasteiger partial charge >= 0.3 is 6.61 Å². The second-order valence-corrected chi connectivity index (χ2v) is 5.52. The molecule has 0 radical (unpaired) electrons. The number of halogens is 3. The van der Waals surface area contributed by atoms with E-state index in [4.69, 9.17) is 4.74 Å². The average molecular weight is 389 g/mol. The number of alkyl halides is 2. The summed E-state index contributed by atoms with van der Waals surface area (Å²) in [4.78, 5) is 14.7. The molecule has 0 unspecified atom stereocenters.